The highest BCUT2D eigenvalue weighted by atomic mass is 16.5. The molecule has 0 spiro atoms. The van der Waals surface area contributed by atoms with Gasteiger partial charge < -0.3 is 19.8 Å². The van der Waals surface area contributed by atoms with Crippen molar-refractivity contribution in [3.8, 4) is 11.5 Å². The molecule has 1 aromatic carbocycles. The lowest BCUT2D eigenvalue weighted by molar-refractivity contribution is 0.324. The van der Waals surface area contributed by atoms with Crippen LogP contribution in [0.25, 0.3) is 10.9 Å². The number of nitrogens with two attached hydrogens (primary N) is 1. The van der Waals surface area contributed by atoms with E-state index in [9.17, 15) is 4.79 Å². The number of nitrogens with zero attached hydrogens (tertiary/aromatic N) is 1. The van der Waals surface area contributed by atoms with E-state index in [0.29, 0.717) is 24.6 Å². The van der Waals surface area contributed by atoms with Crippen LogP contribution in [-0.4, -0.2) is 18.3 Å². The molecule has 1 aromatic heterocycles. The van der Waals surface area contributed by atoms with Crippen LogP contribution in [0.5, 0.6) is 11.5 Å². The van der Waals surface area contributed by atoms with Crippen molar-refractivity contribution in [2.45, 2.75) is 59.9 Å². The van der Waals surface area contributed by atoms with Gasteiger partial charge in [-0.3, -0.25) is 4.79 Å². The fraction of sp³-hybridized carbons (Fsp3) is 0.458. The molecule has 2 rings (SSSR count). The van der Waals surface area contributed by atoms with Crippen molar-refractivity contribution in [1.29, 1.82) is 0 Å². The number of aromatic nitrogens is 1. The van der Waals surface area contributed by atoms with Crippen molar-refractivity contribution in [2.24, 2.45) is 0 Å². The van der Waals surface area contributed by atoms with Crippen molar-refractivity contribution in [3.63, 3.8) is 0 Å². The average molecular weight is 399 g/mol. The molecule has 5 nitrogen and oxygen atoms in total. The Morgan fingerprint density at radius 3 is 2.59 bits per heavy atom. The monoisotopic (exact) mass is 398 g/mol. The summed E-state index contributed by atoms with van der Waals surface area (Å²) in [5.74, 6) is 0.725. The zero-order chi connectivity index (χ0) is 21.4. The quantitative estimate of drug-likeness (QED) is 0.426. The number of hydrogen-bond donors (Lipinski definition) is 1. The molecular formula is C24H34N2O3. The Morgan fingerprint density at radius 2 is 1.93 bits per heavy atom. The highest BCUT2D eigenvalue weighted by Gasteiger charge is 2.18. The van der Waals surface area contributed by atoms with Crippen molar-refractivity contribution in [2.75, 3.05) is 19.5 Å². The first-order valence-electron chi connectivity index (χ1n) is 10.3. The Balaban J connectivity index is 2.37. The van der Waals surface area contributed by atoms with Crippen LogP contribution in [0.1, 0.15) is 53.4 Å². The van der Waals surface area contributed by atoms with Crippen LogP contribution < -0.4 is 20.8 Å². The normalized spacial score (nSPS) is 11.6. The van der Waals surface area contributed by atoms with Crippen molar-refractivity contribution >= 4 is 16.6 Å². The third-order valence-electron chi connectivity index (χ3n) is 4.89. The summed E-state index contributed by atoms with van der Waals surface area (Å²) in [5.41, 5.74) is 9.80. The number of allylic oxidation sites excluding steroid dienone is 3. The number of rotatable bonds is 10. The van der Waals surface area contributed by atoms with Crippen LogP contribution in [0.2, 0.25) is 0 Å². The lowest BCUT2D eigenvalue weighted by atomic mass is 10.1. The van der Waals surface area contributed by atoms with Gasteiger partial charge >= 0.3 is 0 Å². The van der Waals surface area contributed by atoms with E-state index in [4.69, 9.17) is 15.2 Å². The third-order valence-corrected chi connectivity index (χ3v) is 4.89. The number of unbranched alkanes of at least 4 members (excludes halogenated alkanes) is 1. The standard InChI is InChI=1S/C24H34N2O3/c1-6-7-14-26-21-16-19(25)11-12-20(21)22(23(28-5)24(26)27)29-15-13-18(4)10-8-9-17(2)3/h9,11-13,16H,6-8,10,14-15,25H2,1-5H3/b18-13+. The van der Waals surface area contributed by atoms with Crippen LogP contribution in [0, 0.1) is 0 Å². The lowest BCUT2D eigenvalue weighted by Gasteiger charge is -2.17. The van der Waals surface area contributed by atoms with Crippen LogP contribution in [0.4, 0.5) is 5.69 Å². The summed E-state index contributed by atoms with van der Waals surface area (Å²) in [4.78, 5) is 13.0. The maximum atomic E-state index is 13.0. The molecule has 0 fully saturated rings. The second-order valence-electron chi connectivity index (χ2n) is 7.63. The number of fused-ring (bicyclic) bond motifs is 1. The van der Waals surface area contributed by atoms with E-state index in [1.807, 2.05) is 18.2 Å². The van der Waals surface area contributed by atoms with Crippen molar-refractivity contribution in [1.82, 2.24) is 4.57 Å². The van der Waals surface area contributed by atoms with Crippen LogP contribution in [0.3, 0.4) is 0 Å². The molecule has 0 aliphatic rings. The van der Waals surface area contributed by atoms with Gasteiger partial charge in [-0.05, 0) is 64.3 Å². The van der Waals surface area contributed by atoms with E-state index in [2.05, 4.69) is 39.8 Å². The van der Waals surface area contributed by atoms with Crippen molar-refractivity contribution < 1.29 is 9.47 Å². The SMILES string of the molecule is CCCCn1c(=O)c(OC)c(OC/C=C(\C)CCC=C(C)C)c2ccc(N)cc21. The minimum Gasteiger partial charge on any atom is -0.488 e. The second-order valence-corrected chi connectivity index (χ2v) is 7.63. The van der Waals surface area contributed by atoms with Gasteiger partial charge in [0.25, 0.3) is 5.56 Å². The molecular weight excluding hydrogens is 364 g/mol. The molecule has 2 N–H and O–H groups in total. The number of nitrogen functional groups attached to an aromatic ring is 1. The molecule has 0 aliphatic carbocycles. The summed E-state index contributed by atoms with van der Waals surface area (Å²) >= 11 is 0. The molecule has 0 aliphatic heterocycles. The largest absolute Gasteiger partial charge is 0.488 e. The number of methoxy groups -OCH3 is 1. The maximum Gasteiger partial charge on any atom is 0.297 e. The van der Waals surface area contributed by atoms with Gasteiger partial charge in [-0.15, -0.1) is 0 Å². The van der Waals surface area contributed by atoms with E-state index in [-0.39, 0.29) is 11.3 Å². The average Bonchev–Trinajstić information content (AvgIpc) is 2.67. The summed E-state index contributed by atoms with van der Waals surface area (Å²) in [5, 5.41) is 0.836. The smallest absolute Gasteiger partial charge is 0.297 e. The van der Waals surface area contributed by atoms with Crippen LogP contribution in [0.15, 0.2) is 46.3 Å². The maximum absolute atomic E-state index is 13.0. The van der Waals surface area contributed by atoms with E-state index in [1.165, 1.54) is 18.3 Å². The van der Waals surface area contributed by atoms with E-state index >= 15 is 0 Å². The predicted octanol–water partition coefficient (Wildman–Crippen LogP) is 5.46. The zero-order valence-electron chi connectivity index (χ0n) is 18.4. The van der Waals surface area contributed by atoms with Crippen LogP contribution in [-0.2, 0) is 6.54 Å². The summed E-state index contributed by atoms with van der Waals surface area (Å²) in [7, 11) is 1.51. The first-order chi connectivity index (χ1) is 13.9. The first kappa shape index (κ1) is 22.6. The van der Waals surface area contributed by atoms with Gasteiger partial charge in [-0.1, -0.05) is 30.6 Å². The molecule has 5 heteroatoms. The summed E-state index contributed by atoms with van der Waals surface area (Å²) in [6.07, 6.45) is 8.19. The molecule has 0 bridgehead atoms. The minimum absolute atomic E-state index is 0.182. The van der Waals surface area contributed by atoms with E-state index in [1.54, 1.807) is 4.57 Å². The first-order valence-corrected chi connectivity index (χ1v) is 10.3. The number of anilines is 1. The fourth-order valence-electron chi connectivity index (χ4n) is 3.23. The molecule has 0 saturated carbocycles. The molecule has 0 amide bonds. The van der Waals surface area contributed by atoms with Gasteiger partial charge in [-0.25, -0.2) is 0 Å². The number of hydrogen-bond acceptors (Lipinski definition) is 4. The summed E-state index contributed by atoms with van der Waals surface area (Å²) in [6.45, 7) is 9.41. The Bertz CT molecular complexity index is 951. The summed E-state index contributed by atoms with van der Waals surface area (Å²) < 4.78 is 13.3. The number of ether oxygens (including phenoxy) is 2. The molecule has 29 heavy (non-hydrogen) atoms. The molecule has 0 saturated heterocycles. The molecule has 0 unspecified atom stereocenters. The molecule has 0 radical (unpaired) electrons. The van der Waals surface area contributed by atoms with E-state index in [0.717, 1.165) is 36.6 Å². The highest BCUT2D eigenvalue weighted by molar-refractivity contribution is 5.90. The lowest BCUT2D eigenvalue weighted by Crippen LogP contribution is -2.23. The predicted molar refractivity (Wildman–Crippen MR) is 122 cm³/mol. The number of benzene rings is 1. The molecule has 0 atom stereocenters. The summed E-state index contributed by atoms with van der Waals surface area (Å²) in [6, 6.07) is 5.55. The second kappa shape index (κ2) is 10.7. The van der Waals surface area contributed by atoms with Gasteiger partial charge in [0.15, 0.2) is 5.75 Å². The Kier molecular flexibility index (Phi) is 8.37. The Hall–Kier alpha value is -2.69. The van der Waals surface area contributed by atoms with Crippen LogP contribution >= 0.6 is 0 Å². The van der Waals surface area contributed by atoms with Gasteiger partial charge in [0.1, 0.15) is 6.61 Å². The van der Waals surface area contributed by atoms with E-state index < -0.39 is 0 Å². The fourth-order valence-corrected chi connectivity index (χ4v) is 3.23. The minimum atomic E-state index is -0.182. The topological polar surface area (TPSA) is 66.5 Å². The molecule has 158 valence electrons. The Labute approximate surface area is 173 Å². The Morgan fingerprint density at radius 1 is 1.17 bits per heavy atom. The van der Waals surface area contributed by atoms with Crippen molar-refractivity contribution in [3.05, 3.63) is 51.9 Å². The third kappa shape index (κ3) is 5.89. The molecule has 2 aromatic rings. The molecule has 1 heterocycles. The number of pyridine rings is 1. The van der Waals surface area contributed by atoms with Gasteiger partial charge in [0.2, 0.25) is 5.75 Å². The van der Waals surface area contributed by atoms with Gasteiger partial charge in [0.05, 0.1) is 12.6 Å². The highest BCUT2D eigenvalue weighted by Crippen LogP contribution is 2.34. The number of aryl methyl sites for hydroxylation is 1. The van der Waals surface area contributed by atoms with Gasteiger partial charge in [0, 0.05) is 17.6 Å². The van der Waals surface area contributed by atoms with Gasteiger partial charge in [-0.2, -0.15) is 0 Å². The zero-order valence-corrected chi connectivity index (χ0v) is 18.4.